The average Bonchev–Trinajstić information content (AvgIpc) is 3.54. The molecule has 10 heteroatoms. The smallest absolute Gasteiger partial charge is 0.323 e. The molecule has 9 nitrogen and oxygen atoms in total. The first-order chi connectivity index (χ1) is 18.6. The summed E-state index contributed by atoms with van der Waals surface area (Å²) in [6, 6.07) is 19.2. The van der Waals surface area contributed by atoms with Crippen LogP contribution in [0.5, 0.6) is 11.5 Å². The normalized spacial score (nSPS) is 16.4. The third-order valence-electron chi connectivity index (χ3n) is 7.12. The van der Waals surface area contributed by atoms with Crippen molar-refractivity contribution in [1.29, 1.82) is 0 Å². The highest BCUT2D eigenvalue weighted by Crippen LogP contribution is 2.40. The number of thioether (sulfide) groups is 1. The molecule has 0 saturated carbocycles. The molecule has 38 heavy (non-hydrogen) atoms. The van der Waals surface area contributed by atoms with Gasteiger partial charge in [-0.1, -0.05) is 18.2 Å². The average molecular weight is 528 g/mol. The van der Waals surface area contributed by atoms with Crippen LogP contribution in [0.2, 0.25) is 0 Å². The Morgan fingerprint density at radius 1 is 1.03 bits per heavy atom. The van der Waals surface area contributed by atoms with E-state index in [2.05, 4.69) is 20.5 Å². The van der Waals surface area contributed by atoms with Crippen LogP contribution in [0.25, 0.3) is 10.9 Å². The summed E-state index contributed by atoms with van der Waals surface area (Å²) < 4.78 is 10.9. The van der Waals surface area contributed by atoms with Gasteiger partial charge in [-0.05, 0) is 36.4 Å². The Morgan fingerprint density at radius 3 is 2.82 bits per heavy atom. The highest BCUT2D eigenvalue weighted by molar-refractivity contribution is 8.00. The number of benzene rings is 3. The molecule has 7 rings (SSSR count). The number of aromatic amines is 1. The second kappa shape index (κ2) is 9.21. The lowest BCUT2D eigenvalue weighted by Gasteiger charge is -2.44. The van der Waals surface area contributed by atoms with Gasteiger partial charge in [0.05, 0.1) is 17.1 Å². The van der Waals surface area contributed by atoms with Crippen LogP contribution in [0, 0.1) is 5.92 Å². The molecule has 1 fully saturated rings. The van der Waals surface area contributed by atoms with Crippen LogP contribution in [0.3, 0.4) is 0 Å². The predicted octanol–water partition coefficient (Wildman–Crippen LogP) is 5.12. The molecule has 0 aliphatic carbocycles. The summed E-state index contributed by atoms with van der Waals surface area (Å²) >= 11 is 1.53. The number of anilines is 4. The standard InChI is InChI=1S/C28H25N5O4S/c34-27-15-38-26-8-5-18(30-28(35)31-22-11-29-21-4-2-1-3-20(21)22)9-23(26)33(27)14-17-12-32(13-17)19-6-7-24-25(10-19)37-16-36-24/h1-11,17,29H,12-16H2,(H2,30,31,35). The molecule has 1 saturated heterocycles. The van der Waals surface area contributed by atoms with Gasteiger partial charge in [0.15, 0.2) is 11.5 Å². The van der Waals surface area contributed by atoms with Gasteiger partial charge < -0.3 is 34.9 Å². The molecule has 3 aliphatic heterocycles. The van der Waals surface area contributed by atoms with E-state index in [0.29, 0.717) is 29.6 Å². The number of ether oxygens (including phenoxy) is 2. The summed E-state index contributed by atoms with van der Waals surface area (Å²) in [5.41, 5.74) is 4.24. The second-order valence-electron chi connectivity index (χ2n) is 9.61. The highest BCUT2D eigenvalue weighted by atomic mass is 32.2. The van der Waals surface area contributed by atoms with Crippen molar-refractivity contribution >= 4 is 57.4 Å². The zero-order valence-corrected chi connectivity index (χ0v) is 21.2. The Labute approximate surface area is 223 Å². The molecule has 3 aromatic carbocycles. The third-order valence-corrected chi connectivity index (χ3v) is 8.16. The molecule has 192 valence electrons. The van der Waals surface area contributed by atoms with Crippen LogP contribution in [-0.2, 0) is 4.79 Å². The molecule has 0 radical (unpaired) electrons. The maximum Gasteiger partial charge on any atom is 0.323 e. The predicted molar refractivity (Wildman–Crippen MR) is 149 cm³/mol. The summed E-state index contributed by atoms with van der Waals surface area (Å²) in [6.45, 7) is 2.61. The number of fused-ring (bicyclic) bond motifs is 3. The lowest BCUT2D eigenvalue weighted by Crippen LogP contribution is -2.53. The molecule has 1 aromatic heterocycles. The van der Waals surface area contributed by atoms with Crippen LogP contribution in [0.15, 0.2) is 71.8 Å². The molecule has 4 aromatic rings. The van der Waals surface area contributed by atoms with Crippen molar-refractivity contribution in [2.75, 3.05) is 52.6 Å². The van der Waals surface area contributed by atoms with Crippen molar-refractivity contribution in [3.05, 3.63) is 66.9 Å². The number of carbonyl (C=O) groups excluding carboxylic acids is 2. The van der Waals surface area contributed by atoms with Crippen molar-refractivity contribution in [1.82, 2.24) is 4.98 Å². The Bertz CT molecular complexity index is 1560. The van der Waals surface area contributed by atoms with Crippen molar-refractivity contribution in [2.45, 2.75) is 4.90 Å². The van der Waals surface area contributed by atoms with E-state index in [9.17, 15) is 9.59 Å². The number of carbonyl (C=O) groups is 2. The van der Waals surface area contributed by atoms with Gasteiger partial charge in [0, 0.05) is 65.0 Å². The van der Waals surface area contributed by atoms with E-state index in [-0.39, 0.29) is 18.7 Å². The van der Waals surface area contributed by atoms with E-state index in [1.165, 1.54) is 11.8 Å². The van der Waals surface area contributed by atoms with Gasteiger partial charge >= 0.3 is 6.03 Å². The topological polar surface area (TPSA) is 98.9 Å². The number of H-pyrrole nitrogens is 1. The number of hydrogen-bond donors (Lipinski definition) is 3. The molecular weight excluding hydrogens is 502 g/mol. The van der Waals surface area contributed by atoms with E-state index >= 15 is 0 Å². The Kier molecular flexibility index (Phi) is 5.54. The zero-order chi connectivity index (χ0) is 25.6. The number of amides is 3. The fourth-order valence-corrected chi connectivity index (χ4v) is 6.09. The van der Waals surface area contributed by atoms with Crippen LogP contribution in [-0.4, -0.2) is 49.1 Å². The van der Waals surface area contributed by atoms with Gasteiger partial charge in [-0.2, -0.15) is 0 Å². The van der Waals surface area contributed by atoms with Crippen molar-refractivity contribution in [3.63, 3.8) is 0 Å². The van der Waals surface area contributed by atoms with E-state index < -0.39 is 0 Å². The van der Waals surface area contributed by atoms with Crippen LogP contribution < -0.4 is 29.9 Å². The maximum absolute atomic E-state index is 12.9. The van der Waals surface area contributed by atoms with Gasteiger partial charge in [-0.15, -0.1) is 11.8 Å². The minimum absolute atomic E-state index is 0.0874. The Hall–Kier alpha value is -4.31. The quantitative estimate of drug-likeness (QED) is 0.333. The number of nitrogens with zero attached hydrogens (tertiary/aromatic N) is 2. The molecule has 0 bridgehead atoms. The maximum atomic E-state index is 12.9. The first-order valence-corrected chi connectivity index (χ1v) is 13.5. The Balaban J connectivity index is 1.03. The molecule has 3 amide bonds. The SMILES string of the molecule is O=C(Nc1ccc2c(c1)N(CC1CN(c3ccc4c(c3)OCO4)C1)C(=O)CS2)Nc1c[nH]c2ccccc12. The minimum atomic E-state index is -0.339. The number of urea groups is 1. The number of para-hydroxylation sites is 1. The van der Waals surface area contributed by atoms with Gasteiger partial charge in [0.25, 0.3) is 0 Å². The second-order valence-corrected chi connectivity index (χ2v) is 10.6. The van der Waals surface area contributed by atoms with Crippen molar-refractivity contribution in [3.8, 4) is 11.5 Å². The van der Waals surface area contributed by atoms with Crippen LogP contribution in [0.1, 0.15) is 0 Å². The molecule has 0 unspecified atom stereocenters. The molecule has 3 aliphatic rings. The summed E-state index contributed by atoms with van der Waals surface area (Å²) in [5, 5.41) is 6.77. The third kappa shape index (κ3) is 4.16. The van der Waals surface area contributed by atoms with Crippen LogP contribution >= 0.6 is 11.8 Å². The van der Waals surface area contributed by atoms with Gasteiger partial charge in [0.1, 0.15) is 0 Å². The van der Waals surface area contributed by atoms with E-state index in [4.69, 9.17) is 9.47 Å². The lowest BCUT2D eigenvalue weighted by molar-refractivity contribution is -0.116. The largest absolute Gasteiger partial charge is 0.454 e. The van der Waals surface area contributed by atoms with Gasteiger partial charge in [-0.25, -0.2) is 4.79 Å². The van der Waals surface area contributed by atoms with E-state index in [1.54, 1.807) is 6.20 Å². The summed E-state index contributed by atoms with van der Waals surface area (Å²) in [4.78, 5) is 34.1. The number of aromatic nitrogens is 1. The number of nitrogens with one attached hydrogen (secondary N) is 3. The van der Waals surface area contributed by atoms with Crippen LogP contribution in [0.4, 0.5) is 27.5 Å². The first kappa shape index (κ1) is 22.9. The molecule has 4 heterocycles. The molecule has 0 spiro atoms. The van der Waals surface area contributed by atoms with Crippen molar-refractivity contribution in [2.24, 2.45) is 5.92 Å². The fraction of sp³-hybridized carbons (Fsp3) is 0.214. The zero-order valence-electron chi connectivity index (χ0n) is 20.4. The summed E-state index contributed by atoms with van der Waals surface area (Å²) in [6.07, 6.45) is 1.78. The summed E-state index contributed by atoms with van der Waals surface area (Å²) in [7, 11) is 0. The monoisotopic (exact) mass is 527 g/mol. The number of hydrogen-bond acceptors (Lipinski definition) is 6. The summed E-state index contributed by atoms with van der Waals surface area (Å²) in [5.74, 6) is 2.40. The number of rotatable bonds is 5. The van der Waals surface area contributed by atoms with E-state index in [0.717, 1.165) is 51.8 Å². The minimum Gasteiger partial charge on any atom is -0.454 e. The van der Waals surface area contributed by atoms with Gasteiger partial charge in [-0.3, -0.25) is 4.79 Å². The molecule has 0 atom stereocenters. The first-order valence-electron chi connectivity index (χ1n) is 12.5. The molecule has 3 N–H and O–H groups in total. The van der Waals surface area contributed by atoms with E-state index in [1.807, 2.05) is 65.6 Å². The molecular formula is C28H25N5O4S. The Morgan fingerprint density at radius 2 is 1.89 bits per heavy atom. The highest BCUT2D eigenvalue weighted by Gasteiger charge is 2.34. The lowest BCUT2D eigenvalue weighted by atomic mass is 9.97. The van der Waals surface area contributed by atoms with Gasteiger partial charge in [0.2, 0.25) is 12.7 Å². The fourth-order valence-electron chi connectivity index (χ4n) is 5.18. The van der Waals surface area contributed by atoms with Crippen molar-refractivity contribution < 1.29 is 19.1 Å².